The standard InChI is InChI=1S/C15H28O5/c1-5-9-11-13(20-15(17)19-8-4)12(10-6-2)14(16)18-7-3/h12-13H,5-11H2,1-4H3. The van der Waals surface area contributed by atoms with Gasteiger partial charge >= 0.3 is 12.1 Å². The number of hydrogen-bond acceptors (Lipinski definition) is 5. The minimum atomic E-state index is -0.709. The molecule has 0 amide bonds. The van der Waals surface area contributed by atoms with E-state index in [4.69, 9.17) is 14.2 Å². The van der Waals surface area contributed by atoms with E-state index in [-0.39, 0.29) is 12.6 Å². The Bertz CT molecular complexity index is 277. The van der Waals surface area contributed by atoms with Gasteiger partial charge in [0, 0.05) is 0 Å². The Hall–Kier alpha value is -1.26. The van der Waals surface area contributed by atoms with Gasteiger partial charge in [-0.3, -0.25) is 4.79 Å². The van der Waals surface area contributed by atoms with Gasteiger partial charge in [0.25, 0.3) is 0 Å². The van der Waals surface area contributed by atoms with Gasteiger partial charge in [0.1, 0.15) is 6.10 Å². The highest BCUT2D eigenvalue weighted by Gasteiger charge is 2.31. The molecular weight excluding hydrogens is 260 g/mol. The van der Waals surface area contributed by atoms with Crippen molar-refractivity contribution >= 4 is 12.1 Å². The summed E-state index contributed by atoms with van der Waals surface area (Å²) < 4.78 is 15.2. The molecular formula is C15H28O5. The number of esters is 1. The third-order valence-corrected chi connectivity index (χ3v) is 2.99. The molecule has 0 aliphatic heterocycles. The lowest BCUT2D eigenvalue weighted by atomic mass is 9.93. The van der Waals surface area contributed by atoms with E-state index >= 15 is 0 Å². The first-order chi connectivity index (χ1) is 9.60. The zero-order chi connectivity index (χ0) is 15.4. The van der Waals surface area contributed by atoms with E-state index in [9.17, 15) is 9.59 Å². The van der Waals surface area contributed by atoms with E-state index in [0.717, 1.165) is 19.3 Å². The fourth-order valence-electron chi connectivity index (χ4n) is 2.04. The Morgan fingerprint density at radius 3 is 2.05 bits per heavy atom. The van der Waals surface area contributed by atoms with Crippen LogP contribution in [0.2, 0.25) is 0 Å². The molecule has 5 nitrogen and oxygen atoms in total. The van der Waals surface area contributed by atoms with Crippen LogP contribution in [0.3, 0.4) is 0 Å². The molecule has 5 heteroatoms. The average Bonchev–Trinajstić information content (AvgIpc) is 2.41. The second-order valence-electron chi connectivity index (χ2n) is 4.63. The minimum absolute atomic E-state index is 0.261. The molecule has 2 atom stereocenters. The maximum Gasteiger partial charge on any atom is 0.508 e. The van der Waals surface area contributed by atoms with Crippen LogP contribution in [0.15, 0.2) is 0 Å². The molecule has 0 radical (unpaired) electrons. The molecule has 0 rings (SSSR count). The summed E-state index contributed by atoms with van der Waals surface area (Å²) in [6, 6.07) is 0. The monoisotopic (exact) mass is 288 g/mol. The molecule has 0 aromatic carbocycles. The maximum absolute atomic E-state index is 12.0. The van der Waals surface area contributed by atoms with Crippen LogP contribution >= 0.6 is 0 Å². The lowest BCUT2D eigenvalue weighted by Gasteiger charge is -2.25. The second kappa shape index (κ2) is 11.6. The molecule has 0 aromatic heterocycles. The van der Waals surface area contributed by atoms with Gasteiger partial charge in [-0.1, -0.05) is 33.1 Å². The van der Waals surface area contributed by atoms with Gasteiger partial charge in [0.05, 0.1) is 19.1 Å². The summed E-state index contributed by atoms with van der Waals surface area (Å²) in [6.45, 7) is 8.13. The summed E-state index contributed by atoms with van der Waals surface area (Å²) in [5.74, 6) is -0.698. The van der Waals surface area contributed by atoms with Crippen molar-refractivity contribution in [1.29, 1.82) is 0 Å². The predicted molar refractivity (Wildman–Crippen MR) is 76.5 cm³/mol. The normalized spacial score (nSPS) is 13.4. The van der Waals surface area contributed by atoms with E-state index < -0.39 is 18.2 Å². The van der Waals surface area contributed by atoms with Crippen LogP contribution in [0.1, 0.15) is 59.8 Å². The Morgan fingerprint density at radius 2 is 1.55 bits per heavy atom. The van der Waals surface area contributed by atoms with E-state index in [1.807, 2.05) is 6.92 Å². The molecule has 118 valence electrons. The highest BCUT2D eigenvalue weighted by Crippen LogP contribution is 2.22. The summed E-state index contributed by atoms with van der Waals surface area (Å²) in [5, 5.41) is 0. The predicted octanol–water partition coefficient (Wildman–Crippen LogP) is 3.70. The number of carbonyl (C=O) groups is 2. The summed E-state index contributed by atoms with van der Waals surface area (Å²) >= 11 is 0. The molecule has 0 heterocycles. The Balaban J connectivity index is 4.79. The second-order valence-corrected chi connectivity index (χ2v) is 4.63. The van der Waals surface area contributed by atoms with Crippen LogP contribution in [0.5, 0.6) is 0 Å². The van der Waals surface area contributed by atoms with E-state index in [1.54, 1.807) is 13.8 Å². The molecule has 0 saturated heterocycles. The first kappa shape index (κ1) is 18.7. The highest BCUT2D eigenvalue weighted by atomic mass is 16.7. The van der Waals surface area contributed by atoms with Gasteiger partial charge in [-0.05, 0) is 26.7 Å². The van der Waals surface area contributed by atoms with Crippen LogP contribution in [0, 0.1) is 5.92 Å². The topological polar surface area (TPSA) is 61.8 Å². The van der Waals surface area contributed by atoms with Crippen molar-refractivity contribution in [3.05, 3.63) is 0 Å². The highest BCUT2D eigenvalue weighted by molar-refractivity contribution is 5.73. The van der Waals surface area contributed by atoms with Gasteiger partial charge in [-0.15, -0.1) is 0 Å². The third kappa shape index (κ3) is 7.36. The lowest BCUT2D eigenvalue weighted by molar-refractivity contribution is -0.153. The van der Waals surface area contributed by atoms with Crippen LogP contribution in [-0.4, -0.2) is 31.4 Å². The summed E-state index contributed by atoms with van der Waals surface area (Å²) in [7, 11) is 0. The van der Waals surface area contributed by atoms with Crippen molar-refractivity contribution in [3.8, 4) is 0 Å². The zero-order valence-corrected chi connectivity index (χ0v) is 13.1. The molecule has 0 N–H and O–H groups in total. The van der Waals surface area contributed by atoms with Gasteiger partial charge in [-0.25, -0.2) is 4.79 Å². The van der Waals surface area contributed by atoms with Crippen LogP contribution < -0.4 is 0 Å². The number of carbonyl (C=O) groups excluding carboxylic acids is 2. The Morgan fingerprint density at radius 1 is 0.900 bits per heavy atom. The molecule has 0 fully saturated rings. The summed E-state index contributed by atoms with van der Waals surface area (Å²) in [6.07, 6.45) is 2.82. The lowest BCUT2D eigenvalue weighted by Crippen LogP contribution is -2.34. The number of rotatable bonds is 10. The van der Waals surface area contributed by atoms with Crippen molar-refractivity contribution in [2.45, 2.75) is 65.9 Å². The molecule has 0 aliphatic carbocycles. The van der Waals surface area contributed by atoms with Gasteiger partial charge in [0.15, 0.2) is 0 Å². The quantitative estimate of drug-likeness (QED) is 0.574. The van der Waals surface area contributed by atoms with Gasteiger partial charge < -0.3 is 14.2 Å². The van der Waals surface area contributed by atoms with Crippen molar-refractivity contribution in [2.75, 3.05) is 13.2 Å². The summed E-state index contributed by atoms with van der Waals surface area (Å²) in [5.41, 5.74) is 0. The number of unbranched alkanes of at least 4 members (excludes halogenated alkanes) is 1. The fraction of sp³-hybridized carbons (Fsp3) is 0.867. The molecule has 0 spiro atoms. The van der Waals surface area contributed by atoms with Gasteiger partial charge in [-0.2, -0.15) is 0 Å². The van der Waals surface area contributed by atoms with Crippen molar-refractivity contribution in [2.24, 2.45) is 5.92 Å². The molecule has 2 unspecified atom stereocenters. The largest absolute Gasteiger partial charge is 0.508 e. The molecule has 20 heavy (non-hydrogen) atoms. The SMILES string of the molecule is CCCCC(OC(=O)OCC)C(CCC)C(=O)OCC. The van der Waals surface area contributed by atoms with Crippen molar-refractivity contribution < 1.29 is 23.8 Å². The average molecular weight is 288 g/mol. The Kier molecular flexibility index (Phi) is 10.8. The van der Waals surface area contributed by atoms with Crippen molar-refractivity contribution in [3.63, 3.8) is 0 Å². The van der Waals surface area contributed by atoms with E-state index in [1.165, 1.54) is 0 Å². The number of hydrogen-bond donors (Lipinski definition) is 0. The Labute approximate surface area is 122 Å². The molecule has 0 aromatic rings. The molecule has 0 bridgehead atoms. The first-order valence-electron chi connectivity index (χ1n) is 7.60. The van der Waals surface area contributed by atoms with Gasteiger partial charge in [0.2, 0.25) is 0 Å². The van der Waals surface area contributed by atoms with Crippen LogP contribution in [0.25, 0.3) is 0 Å². The summed E-state index contributed by atoms with van der Waals surface area (Å²) in [4.78, 5) is 23.5. The zero-order valence-electron chi connectivity index (χ0n) is 13.1. The molecule has 0 saturated carbocycles. The minimum Gasteiger partial charge on any atom is -0.466 e. The fourth-order valence-corrected chi connectivity index (χ4v) is 2.04. The molecule has 0 aliphatic rings. The van der Waals surface area contributed by atoms with Crippen molar-refractivity contribution in [1.82, 2.24) is 0 Å². The number of ether oxygens (including phenoxy) is 3. The maximum atomic E-state index is 12.0. The smallest absolute Gasteiger partial charge is 0.466 e. The van der Waals surface area contributed by atoms with Crippen LogP contribution in [0.4, 0.5) is 4.79 Å². The first-order valence-corrected chi connectivity index (χ1v) is 7.60. The van der Waals surface area contributed by atoms with Crippen LogP contribution in [-0.2, 0) is 19.0 Å². The van der Waals surface area contributed by atoms with E-state index in [0.29, 0.717) is 19.4 Å². The van der Waals surface area contributed by atoms with E-state index in [2.05, 4.69) is 6.92 Å². The third-order valence-electron chi connectivity index (χ3n) is 2.99.